The lowest BCUT2D eigenvalue weighted by Gasteiger charge is -2.12. The predicted molar refractivity (Wildman–Crippen MR) is 121 cm³/mol. The fourth-order valence-electron chi connectivity index (χ4n) is 3.16. The third-order valence-electron chi connectivity index (χ3n) is 4.76. The van der Waals surface area contributed by atoms with Crippen molar-refractivity contribution in [3.05, 3.63) is 101 Å². The maximum Gasteiger partial charge on any atom is 0.276 e. The minimum atomic E-state index is -0.594. The van der Waals surface area contributed by atoms with Gasteiger partial charge in [-0.1, -0.05) is 48.5 Å². The number of carbonyl (C=O) groups excluding carboxylic acids is 2. The summed E-state index contributed by atoms with van der Waals surface area (Å²) in [6.45, 7) is -0.384. The Bertz CT molecular complexity index is 1320. The number of aromatic nitrogens is 1. The van der Waals surface area contributed by atoms with Crippen LogP contribution in [0.4, 0.5) is 5.69 Å². The quantitative estimate of drug-likeness (QED) is 0.347. The van der Waals surface area contributed by atoms with Gasteiger partial charge in [0.2, 0.25) is 0 Å². The van der Waals surface area contributed by atoms with Gasteiger partial charge in [0.05, 0.1) is 21.7 Å². The Hall–Kier alpha value is -4.79. The number of hydrazine groups is 1. The number of non-ortho nitro benzene ring substituents is 1. The van der Waals surface area contributed by atoms with Crippen molar-refractivity contribution < 1.29 is 19.2 Å². The number of hydrogen-bond acceptors (Lipinski definition) is 6. The summed E-state index contributed by atoms with van der Waals surface area (Å²) >= 11 is 0. The predicted octanol–water partition coefficient (Wildman–Crippen LogP) is 3.65. The Balaban J connectivity index is 1.44. The van der Waals surface area contributed by atoms with E-state index in [4.69, 9.17) is 4.74 Å². The number of benzene rings is 3. The van der Waals surface area contributed by atoms with Gasteiger partial charge in [-0.05, 0) is 24.3 Å². The van der Waals surface area contributed by atoms with Crippen LogP contribution in [0.2, 0.25) is 0 Å². The molecule has 33 heavy (non-hydrogen) atoms. The molecule has 0 radical (unpaired) electrons. The van der Waals surface area contributed by atoms with Crippen LogP contribution in [0.5, 0.6) is 5.75 Å². The smallest absolute Gasteiger partial charge is 0.276 e. The van der Waals surface area contributed by atoms with E-state index >= 15 is 0 Å². The summed E-state index contributed by atoms with van der Waals surface area (Å²) in [5.74, 6) is -0.812. The van der Waals surface area contributed by atoms with Gasteiger partial charge in [0.1, 0.15) is 5.75 Å². The van der Waals surface area contributed by atoms with Gasteiger partial charge in [-0.2, -0.15) is 0 Å². The summed E-state index contributed by atoms with van der Waals surface area (Å²) in [7, 11) is 0. The fraction of sp³-hybridized carbons (Fsp3) is 0.0417. The molecule has 0 saturated carbocycles. The molecule has 0 unspecified atom stereocenters. The number of hydrogen-bond donors (Lipinski definition) is 2. The topological polar surface area (TPSA) is 123 Å². The molecule has 0 bridgehead atoms. The van der Waals surface area contributed by atoms with E-state index in [0.717, 1.165) is 5.56 Å². The summed E-state index contributed by atoms with van der Waals surface area (Å²) in [5, 5.41) is 11.3. The Morgan fingerprint density at radius 3 is 2.33 bits per heavy atom. The SMILES string of the molecule is O=C(COc1ccc([N+](=O)[O-])cc1)NNC(=O)c1cc(-c2ccccc2)nc2ccccc12. The van der Waals surface area contributed by atoms with Crippen molar-refractivity contribution in [3.63, 3.8) is 0 Å². The molecule has 164 valence electrons. The number of para-hydroxylation sites is 1. The number of nitro groups is 1. The molecule has 0 saturated heterocycles. The number of rotatable bonds is 6. The summed E-state index contributed by atoms with van der Waals surface area (Å²) in [4.78, 5) is 39.8. The molecule has 0 spiro atoms. The van der Waals surface area contributed by atoms with Crippen LogP contribution >= 0.6 is 0 Å². The van der Waals surface area contributed by atoms with Crippen molar-refractivity contribution in [2.24, 2.45) is 0 Å². The Labute approximate surface area is 188 Å². The second kappa shape index (κ2) is 9.56. The Kier molecular flexibility index (Phi) is 6.21. The molecule has 1 heterocycles. The number of fused-ring (bicyclic) bond motifs is 1. The largest absolute Gasteiger partial charge is 0.484 e. The molecule has 2 N–H and O–H groups in total. The highest BCUT2D eigenvalue weighted by atomic mass is 16.6. The van der Waals surface area contributed by atoms with Crippen LogP contribution in [0.3, 0.4) is 0 Å². The third-order valence-corrected chi connectivity index (χ3v) is 4.76. The zero-order valence-electron chi connectivity index (χ0n) is 17.2. The lowest BCUT2D eigenvalue weighted by atomic mass is 10.0. The summed E-state index contributed by atoms with van der Waals surface area (Å²) in [6, 6.07) is 23.7. The summed E-state index contributed by atoms with van der Waals surface area (Å²) in [6.07, 6.45) is 0. The van der Waals surface area contributed by atoms with Crippen LogP contribution in [0.25, 0.3) is 22.2 Å². The number of pyridine rings is 1. The second-order valence-corrected chi connectivity index (χ2v) is 6.98. The first-order chi connectivity index (χ1) is 16.0. The van der Waals surface area contributed by atoms with Crippen molar-refractivity contribution in [2.45, 2.75) is 0 Å². The van der Waals surface area contributed by atoms with E-state index in [2.05, 4.69) is 15.8 Å². The first-order valence-corrected chi connectivity index (χ1v) is 9.93. The molecule has 4 aromatic rings. The van der Waals surface area contributed by atoms with Crippen molar-refractivity contribution >= 4 is 28.4 Å². The van der Waals surface area contributed by atoms with E-state index in [1.54, 1.807) is 18.2 Å². The van der Waals surface area contributed by atoms with E-state index < -0.39 is 16.7 Å². The zero-order chi connectivity index (χ0) is 23.2. The highest BCUT2D eigenvalue weighted by molar-refractivity contribution is 6.07. The van der Waals surface area contributed by atoms with Crippen molar-refractivity contribution in [1.29, 1.82) is 0 Å². The van der Waals surface area contributed by atoms with Gasteiger partial charge in [-0.15, -0.1) is 0 Å². The molecule has 1 aromatic heterocycles. The first kappa shape index (κ1) is 21.4. The first-order valence-electron chi connectivity index (χ1n) is 9.93. The minimum absolute atomic E-state index is 0.0847. The number of nitrogens with zero attached hydrogens (tertiary/aromatic N) is 2. The number of carbonyl (C=O) groups is 2. The molecule has 0 aliphatic carbocycles. The average Bonchev–Trinajstić information content (AvgIpc) is 2.86. The molecule has 9 heteroatoms. The molecular formula is C24H18N4O5. The molecule has 3 aromatic carbocycles. The van der Waals surface area contributed by atoms with E-state index in [9.17, 15) is 19.7 Å². The Morgan fingerprint density at radius 2 is 1.61 bits per heavy atom. The van der Waals surface area contributed by atoms with Crippen LogP contribution in [0, 0.1) is 10.1 Å². The van der Waals surface area contributed by atoms with E-state index in [1.807, 2.05) is 42.5 Å². The maximum atomic E-state index is 12.9. The van der Waals surface area contributed by atoms with Crippen LogP contribution in [-0.4, -0.2) is 28.3 Å². The van der Waals surface area contributed by atoms with Crippen molar-refractivity contribution in [1.82, 2.24) is 15.8 Å². The third kappa shape index (κ3) is 5.10. The molecule has 0 aliphatic heterocycles. The molecule has 4 rings (SSSR count). The Morgan fingerprint density at radius 1 is 0.909 bits per heavy atom. The van der Waals surface area contributed by atoms with Crippen LogP contribution in [0.15, 0.2) is 84.9 Å². The highest BCUT2D eigenvalue weighted by Crippen LogP contribution is 2.24. The maximum absolute atomic E-state index is 12.9. The lowest BCUT2D eigenvalue weighted by Crippen LogP contribution is -2.43. The van der Waals surface area contributed by atoms with Gasteiger partial charge in [-0.3, -0.25) is 30.6 Å². The average molecular weight is 442 g/mol. The normalized spacial score (nSPS) is 10.4. The van der Waals surface area contributed by atoms with Crippen LogP contribution in [0.1, 0.15) is 10.4 Å². The van der Waals surface area contributed by atoms with E-state index in [1.165, 1.54) is 24.3 Å². The molecule has 9 nitrogen and oxygen atoms in total. The van der Waals surface area contributed by atoms with Gasteiger partial charge in [-0.25, -0.2) is 4.98 Å². The fourth-order valence-corrected chi connectivity index (χ4v) is 3.16. The number of amides is 2. The van der Waals surface area contributed by atoms with Gasteiger partial charge in [0.15, 0.2) is 6.61 Å². The van der Waals surface area contributed by atoms with Crippen molar-refractivity contribution in [3.8, 4) is 17.0 Å². The van der Waals surface area contributed by atoms with E-state index in [-0.39, 0.29) is 18.0 Å². The van der Waals surface area contributed by atoms with Crippen LogP contribution < -0.4 is 15.6 Å². The number of nitrogens with one attached hydrogen (secondary N) is 2. The van der Waals surface area contributed by atoms with E-state index in [0.29, 0.717) is 22.2 Å². The standard InChI is InChI=1S/C24H18N4O5/c29-23(15-33-18-12-10-17(11-13-18)28(31)32)26-27-24(30)20-14-22(16-6-2-1-3-7-16)25-21-9-5-4-8-19(20)21/h1-14H,15H2,(H,26,29)(H,27,30). The van der Waals surface area contributed by atoms with Crippen molar-refractivity contribution in [2.75, 3.05) is 6.61 Å². The molecule has 2 amide bonds. The lowest BCUT2D eigenvalue weighted by molar-refractivity contribution is -0.384. The monoisotopic (exact) mass is 442 g/mol. The minimum Gasteiger partial charge on any atom is -0.484 e. The second-order valence-electron chi connectivity index (χ2n) is 6.98. The van der Waals surface area contributed by atoms with Gasteiger partial charge >= 0.3 is 0 Å². The molecular weight excluding hydrogens is 424 g/mol. The highest BCUT2D eigenvalue weighted by Gasteiger charge is 2.15. The van der Waals surface area contributed by atoms with Gasteiger partial charge in [0, 0.05) is 23.1 Å². The summed E-state index contributed by atoms with van der Waals surface area (Å²) in [5.41, 5.74) is 7.12. The van der Waals surface area contributed by atoms with Crippen LogP contribution in [-0.2, 0) is 4.79 Å². The van der Waals surface area contributed by atoms with Gasteiger partial charge < -0.3 is 4.74 Å². The zero-order valence-corrected chi connectivity index (χ0v) is 17.2. The summed E-state index contributed by atoms with van der Waals surface area (Å²) < 4.78 is 5.29. The molecule has 0 aliphatic rings. The number of nitro benzene ring substituents is 1. The number of ether oxygens (including phenoxy) is 1. The van der Waals surface area contributed by atoms with Gasteiger partial charge in [0.25, 0.3) is 17.5 Å². The molecule has 0 fully saturated rings. The molecule has 0 atom stereocenters.